The third kappa shape index (κ3) is 4.53. The number of nitrogens with zero attached hydrogens (tertiary/aromatic N) is 3. The first-order valence-corrected chi connectivity index (χ1v) is 8.58. The Bertz CT molecular complexity index is 462. The molecule has 0 saturated carbocycles. The first-order chi connectivity index (χ1) is 10.7. The molecule has 4 heteroatoms. The first kappa shape index (κ1) is 15.9. The largest absolute Gasteiger partial charge is 0.392 e. The Hall–Kier alpha value is -0.940. The lowest BCUT2D eigenvalue weighted by Gasteiger charge is -2.20. The molecule has 0 spiro atoms. The number of aliphatic hydroxyl groups is 1. The molecule has 1 N–H and O–H groups in total. The summed E-state index contributed by atoms with van der Waals surface area (Å²) in [7, 11) is 2.22. The van der Waals surface area contributed by atoms with E-state index in [2.05, 4.69) is 46.0 Å². The number of β-amino-alcohol motifs (C(OH)–C–C–N with tert-alkyl or cyclic N) is 1. The third-order valence-electron chi connectivity index (χ3n) is 4.89. The fraction of sp³-hybridized carbons (Fsp3) is 0.667. The molecule has 3 rings (SSSR count). The summed E-state index contributed by atoms with van der Waals surface area (Å²) in [5.41, 5.74) is 2.77. The summed E-state index contributed by atoms with van der Waals surface area (Å²) in [6, 6.07) is 9.06. The molecule has 1 atom stereocenters. The normalized spacial score (nSPS) is 25.5. The van der Waals surface area contributed by atoms with Crippen molar-refractivity contribution in [2.75, 3.05) is 46.3 Å². The van der Waals surface area contributed by atoms with Crippen molar-refractivity contribution in [2.24, 2.45) is 0 Å². The molecule has 2 saturated heterocycles. The van der Waals surface area contributed by atoms with Gasteiger partial charge in [0.1, 0.15) is 0 Å². The molecule has 0 amide bonds. The van der Waals surface area contributed by atoms with Gasteiger partial charge in [-0.05, 0) is 44.1 Å². The number of benzene rings is 1. The van der Waals surface area contributed by atoms with Crippen molar-refractivity contribution < 1.29 is 5.11 Å². The van der Waals surface area contributed by atoms with Crippen molar-refractivity contribution in [3.8, 4) is 0 Å². The molecule has 1 unspecified atom stereocenters. The van der Waals surface area contributed by atoms with Crippen LogP contribution in [0.3, 0.4) is 0 Å². The predicted octanol–water partition coefficient (Wildman–Crippen LogP) is 1.39. The van der Waals surface area contributed by atoms with Gasteiger partial charge in [0.2, 0.25) is 0 Å². The number of hydrogen-bond donors (Lipinski definition) is 1. The molecule has 1 aromatic carbocycles. The van der Waals surface area contributed by atoms with Gasteiger partial charge in [-0.3, -0.25) is 9.80 Å². The topological polar surface area (TPSA) is 30.0 Å². The molecule has 0 aliphatic carbocycles. The molecule has 0 radical (unpaired) electrons. The van der Waals surface area contributed by atoms with Crippen LogP contribution in [-0.2, 0) is 13.1 Å². The van der Waals surface area contributed by atoms with Crippen molar-refractivity contribution in [1.82, 2.24) is 14.7 Å². The molecule has 0 bridgehead atoms. The van der Waals surface area contributed by atoms with Gasteiger partial charge in [0, 0.05) is 39.3 Å². The Morgan fingerprint density at radius 1 is 0.909 bits per heavy atom. The smallest absolute Gasteiger partial charge is 0.0679 e. The zero-order valence-electron chi connectivity index (χ0n) is 13.7. The fourth-order valence-electron chi connectivity index (χ4n) is 3.48. The highest BCUT2D eigenvalue weighted by Crippen LogP contribution is 2.15. The molecule has 122 valence electrons. The standard InChI is InChI=1S/C18H29N3O/c1-19-8-2-9-20(12-11-19)13-16-3-5-17(6-4-16)14-21-10-7-18(22)15-21/h3-6,18,22H,2,7-15H2,1H3. The monoisotopic (exact) mass is 303 g/mol. The van der Waals surface area contributed by atoms with Crippen LogP contribution in [0, 0.1) is 0 Å². The minimum Gasteiger partial charge on any atom is -0.392 e. The van der Waals surface area contributed by atoms with Crippen LogP contribution in [0.1, 0.15) is 24.0 Å². The summed E-state index contributed by atoms with van der Waals surface area (Å²) in [6.45, 7) is 8.64. The lowest BCUT2D eigenvalue weighted by atomic mass is 10.1. The molecule has 1 aromatic rings. The van der Waals surface area contributed by atoms with Gasteiger partial charge >= 0.3 is 0 Å². The number of rotatable bonds is 4. The summed E-state index contributed by atoms with van der Waals surface area (Å²) in [5, 5.41) is 9.60. The summed E-state index contributed by atoms with van der Waals surface area (Å²) in [6.07, 6.45) is 2.06. The Morgan fingerprint density at radius 2 is 1.59 bits per heavy atom. The van der Waals surface area contributed by atoms with E-state index >= 15 is 0 Å². The molecular formula is C18H29N3O. The number of likely N-dealkylation sites (tertiary alicyclic amines) is 1. The Labute approximate surface area is 134 Å². The third-order valence-corrected chi connectivity index (χ3v) is 4.89. The van der Waals surface area contributed by atoms with Crippen molar-refractivity contribution in [3.05, 3.63) is 35.4 Å². The van der Waals surface area contributed by atoms with Crippen LogP contribution in [0.2, 0.25) is 0 Å². The first-order valence-electron chi connectivity index (χ1n) is 8.58. The highest BCUT2D eigenvalue weighted by atomic mass is 16.3. The number of likely N-dealkylation sites (N-methyl/N-ethyl adjacent to an activating group) is 1. The highest BCUT2D eigenvalue weighted by Gasteiger charge is 2.19. The van der Waals surface area contributed by atoms with Crippen molar-refractivity contribution >= 4 is 0 Å². The zero-order chi connectivity index (χ0) is 15.4. The van der Waals surface area contributed by atoms with Crippen LogP contribution in [0.15, 0.2) is 24.3 Å². The van der Waals surface area contributed by atoms with E-state index < -0.39 is 0 Å². The van der Waals surface area contributed by atoms with Crippen LogP contribution in [0.25, 0.3) is 0 Å². The van der Waals surface area contributed by atoms with Gasteiger partial charge in [0.15, 0.2) is 0 Å². The van der Waals surface area contributed by atoms with Gasteiger partial charge in [-0.25, -0.2) is 0 Å². The second-order valence-corrected chi connectivity index (χ2v) is 6.93. The van der Waals surface area contributed by atoms with E-state index in [0.717, 1.165) is 32.6 Å². The van der Waals surface area contributed by atoms with Crippen molar-refractivity contribution in [2.45, 2.75) is 32.0 Å². The Kier molecular flexibility index (Phi) is 5.47. The van der Waals surface area contributed by atoms with Gasteiger partial charge < -0.3 is 10.0 Å². The van der Waals surface area contributed by atoms with Crippen LogP contribution in [0.5, 0.6) is 0 Å². The SMILES string of the molecule is CN1CCCN(Cc2ccc(CN3CCC(O)C3)cc2)CC1. The Morgan fingerprint density at radius 3 is 2.23 bits per heavy atom. The maximum atomic E-state index is 9.60. The van der Waals surface area contributed by atoms with E-state index in [1.54, 1.807) is 0 Å². The molecule has 22 heavy (non-hydrogen) atoms. The average molecular weight is 303 g/mol. The van der Waals surface area contributed by atoms with Gasteiger partial charge in [-0.1, -0.05) is 24.3 Å². The van der Waals surface area contributed by atoms with E-state index in [1.807, 2.05) is 0 Å². The summed E-state index contributed by atoms with van der Waals surface area (Å²) in [4.78, 5) is 7.33. The zero-order valence-corrected chi connectivity index (χ0v) is 13.7. The van der Waals surface area contributed by atoms with Gasteiger partial charge in [-0.2, -0.15) is 0 Å². The maximum Gasteiger partial charge on any atom is 0.0679 e. The quantitative estimate of drug-likeness (QED) is 0.910. The van der Waals surface area contributed by atoms with E-state index in [1.165, 1.54) is 43.7 Å². The lowest BCUT2D eigenvalue weighted by Crippen LogP contribution is -2.28. The molecule has 2 heterocycles. The number of aliphatic hydroxyl groups excluding tert-OH is 1. The van der Waals surface area contributed by atoms with Gasteiger partial charge in [0.05, 0.1) is 6.10 Å². The Balaban J connectivity index is 1.50. The average Bonchev–Trinajstić information content (AvgIpc) is 2.80. The second-order valence-electron chi connectivity index (χ2n) is 6.93. The van der Waals surface area contributed by atoms with Crippen molar-refractivity contribution in [1.29, 1.82) is 0 Å². The molecule has 2 aliphatic rings. The maximum absolute atomic E-state index is 9.60. The molecule has 2 fully saturated rings. The van der Waals surface area contributed by atoms with Crippen LogP contribution in [-0.4, -0.2) is 72.2 Å². The van der Waals surface area contributed by atoms with E-state index in [4.69, 9.17) is 0 Å². The summed E-state index contributed by atoms with van der Waals surface area (Å²) >= 11 is 0. The molecule has 4 nitrogen and oxygen atoms in total. The van der Waals surface area contributed by atoms with Crippen LogP contribution >= 0.6 is 0 Å². The molecular weight excluding hydrogens is 274 g/mol. The minimum atomic E-state index is -0.125. The number of hydrogen-bond acceptors (Lipinski definition) is 4. The van der Waals surface area contributed by atoms with E-state index in [0.29, 0.717) is 0 Å². The predicted molar refractivity (Wildman–Crippen MR) is 89.7 cm³/mol. The van der Waals surface area contributed by atoms with E-state index in [9.17, 15) is 5.11 Å². The summed E-state index contributed by atoms with van der Waals surface area (Å²) in [5.74, 6) is 0. The lowest BCUT2D eigenvalue weighted by molar-refractivity contribution is 0.175. The second kappa shape index (κ2) is 7.55. The van der Waals surface area contributed by atoms with Gasteiger partial charge in [-0.15, -0.1) is 0 Å². The fourth-order valence-corrected chi connectivity index (χ4v) is 3.48. The van der Waals surface area contributed by atoms with Crippen LogP contribution < -0.4 is 0 Å². The van der Waals surface area contributed by atoms with Crippen molar-refractivity contribution in [3.63, 3.8) is 0 Å². The highest BCUT2D eigenvalue weighted by molar-refractivity contribution is 5.22. The summed E-state index contributed by atoms with van der Waals surface area (Å²) < 4.78 is 0. The minimum absolute atomic E-state index is 0.125. The molecule has 0 aromatic heterocycles. The van der Waals surface area contributed by atoms with Crippen LogP contribution in [0.4, 0.5) is 0 Å². The van der Waals surface area contributed by atoms with E-state index in [-0.39, 0.29) is 6.10 Å². The molecule has 2 aliphatic heterocycles. The van der Waals surface area contributed by atoms with Gasteiger partial charge in [0.25, 0.3) is 0 Å².